The van der Waals surface area contributed by atoms with Crippen LogP contribution in [0.4, 0.5) is 4.79 Å². The number of amides is 2. The number of nitrogens with zero attached hydrogens (tertiary/aromatic N) is 1. The molecular weight excluding hydrogens is 220 g/mol. The van der Waals surface area contributed by atoms with E-state index >= 15 is 0 Å². The molecule has 0 aliphatic carbocycles. The molecule has 2 amide bonds. The predicted molar refractivity (Wildman–Crippen MR) is 64.8 cm³/mol. The van der Waals surface area contributed by atoms with Crippen molar-refractivity contribution >= 4 is 12.0 Å². The summed E-state index contributed by atoms with van der Waals surface area (Å²) in [6.07, 6.45) is 3.90. The summed E-state index contributed by atoms with van der Waals surface area (Å²) in [5.74, 6) is -1.01. The van der Waals surface area contributed by atoms with E-state index in [0.29, 0.717) is 0 Å². The monoisotopic (exact) mass is 242 g/mol. The first-order valence-corrected chi connectivity index (χ1v) is 6.34. The van der Waals surface area contributed by atoms with Gasteiger partial charge in [0.25, 0.3) is 0 Å². The molecule has 1 aliphatic rings. The Labute approximate surface area is 102 Å². The number of nitrogens with one attached hydrogen (secondary N) is 1. The van der Waals surface area contributed by atoms with Gasteiger partial charge in [0, 0.05) is 13.1 Å². The van der Waals surface area contributed by atoms with Gasteiger partial charge in [-0.3, -0.25) is 0 Å². The van der Waals surface area contributed by atoms with Crippen LogP contribution < -0.4 is 5.32 Å². The normalized spacial score (nSPS) is 19.5. The zero-order chi connectivity index (χ0) is 12.8. The first-order chi connectivity index (χ1) is 8.06. The quantitative estimate of drug-likeness (QED) is 0.788. The summed E-state index contributed by atoms with van der Waals surface area (Å²) in [6, 6.07) is -1.02. The Morgan fingerprint density at radius 1 is 1.29 bits per heavy atom. The van der Waals surface area contributed by atoms with E-state index in [-0.39, 0.29) is 11.9 Å². The van der Waals surface area contributed by atoms with Gasteiger partial charge < -0.3 is 15.3 Å². The summed E-state index contributed by atoms with van der Waals surface area (Å²) in [7, 11) is 0. The average molecular weight is 242 g/mol. The molecule has 0 spiro atoms. The van der Waals surface area contributed by atoms with Gasteiger partial charge in [0.1, 0.15) is 6.04 Å². The van der Waals surface area contributed by atoms with Crippen molar-refractivity contribution in [3.05, 3.63) is 0 Å². The van der Waals surface area contributed by atoms with Gasteiger partial charge in [-0.25, -0.2) is 9.59 Å². The second kappa shape index (κ2) is 6.47. The number of hydrogen-bond donors (Lipinski definition) is 2. The van der Waals surface area contributed by atoms with Crippen LogP contribution in [0.1, 0.15) is 39.5 Å². The smallest absolute Gasteiger partial charge is 0.326 e. The molecule has 0 saturated carbocycles. The summed E-state index contributed by atoms with van der Waals surface area (Å²) < 4.78 is 0. The number of likely N-dealkylation sites (tertiary alicyclic amines) is 1. The summed E-state index contributed by atoms with van der Waals surface area (Å²) in [5, 5.41) is 11.7. The third-order valence-corrected chi connectivity index (χ3v) is 3.40. The Hall–Kier alpha value is -1.26. The number of urea groups is 1. The minimum Gasteiger partial charge on any atom is -0.480 e. The Balaban J connectivity index is 2.53. The number of rotatable bonds is 4. The molecule has 2 N–H and O–H groups in total. The molecule has 2 atom stereocenters. The number of carbonyl (C=O) groups is 2. The van der Waals surface area contributed by atoms with Crippen LogP contribution in [-0.4, -0.2) is 41.1 Å². The molecule has 17 heavy (non-hydrogen) atoms. The highest BCUT2D eigenvalue weighted by Crippen LogP contribution is 2.11. The van der Waals surface area contributed by atoms with Crippen LogP contribution in [0.5, 0.6) is 0 Å². The van der Waals surface area contributed by atoms with E-state index < -0.39 is 12.0 Å². The topological polar surface area (TPSA) is 69.6 Å². The molecule has 0 aromatic heterocycles. The van der Waals surface area contributed by atoms with Crippen LogP contribution in [0.15, 0.2) is 0 Å². The second-order valence-electron chi connectivity index (χ2n) is 4.70. The van der Waals surface area contributed by atoms with Gasteiger partial charge in [-0.2, -0.15) is 0 Å². The summed E-state index contributed by atoms with van der Waals surface area (Å²) in [4.78, 5) is 24.7. The zero-order valence-electron chi connectivity index (χ0n) is 10.6. The number of carboxylic acids is 1. The highest BCUT2D eigenvalue weighted by molar-refractivity contribution is 5.82. The van der Waals surface area contributed by atoms with Crippen molar-refractivity contribution in [3.63, 3.8) is 0 Å². The first-order valence-electron chi connectivity index (χ1n) is 6.34. The number of carboxylic acid groups (broad SMARTS) is 1. The fraction of sp³-hybridized carbons (Fsp3) is 0.833. The molecular formula is C12H22N2O3. The Kier molecular flexibility index (Phi) is 5.25. The summed E-state index contributed by atoms with van der Waals surface area (Å²) in [6.45, 7) is 5.24. The highest BCUT2D eigenvalue weighted by Gasteiger charge is 2.27. The number of piperidine rings is 1. The lowest BCUT2D eigenvalue weighted by Gasteiger charge is -2.29. The molecule has 5 nitrogen and oxygen atoms in total. The minimum atomic E-state index is -0.954. The van der Waals surface area contributed by atoms with E-state index in [2.05, 4.69) is 5.32 Å². The van der Waals surface area contributed by atoms with Crippen molar-refractivity contribution < 1.29 is 14.7 Å². The third-order valence-electron chi connectivity index (χ3n) is 3.40. The highest BCUT2D eigenvalue weighted by atomic mass is 16.4. The van der Waals surface area contributed by atoms with Gasteiger partial charge in [0.15, 0.2) is 0 Å². The van der Waals surface area contributed by atoms with Crippen molar-refractivity contribution in [3.8, 4) is 0 Å². The van der Waals surface area contributed by atoms with Crippen molar-refractivity contribution in [1.29, 1.82) is 0 Å². The molecule has 1 rings (SSSR count). The lowest BCUT2D eigenvalue weighted by Crippen LogP contribution is -2.51. The van der Waals surface area contributed by atoms with E-state index in [1.165, 1.54) is 0 Å². The van der Waals surface area contributed by atoms with Gasteiger partial charge in [0.2, 0.25) is 0 Å². The van der Waals surface area contributed by atoms with E-state index in [0.717, 1.165) is 38.8 Å². The van der Waals surface area contributed by atoms with Gasteiger partial charge in [-0.1, -0.05) is 20.3 Å². The van der Waals surface area contributed by atoms with Gasteiger partial charge in [0.05, 0.1) is 0 Å². The van der Waals surface area contributed by atoms with E-state index in [1.807, 2.05) is 13.8 Å². The van der Waals surface area contributed by atoms with Crippen LogP contribution in [0.2, 0.25) is 0 Å². The van der Waals surface area contributed by atoms with Crippen LogP contribution in [0.25, 0.3) is 0 Å². The third kappa shape index (κ3) is 3.91. The van der Waals surface area contributed by atoms with Gasteiger partial charge in [-0.15, -0.1) is 0 Å². The Bertz CT molecular complexity index is 275. The SMILES string of the molecule is CC[C@@H](C)[C@H](NC(=O)N1CCCCC1)C(=O)O. The van der Waals surface area contributed by atoms with E-state index in [1.54, 1.807) is 4.90 Å². The van der Waals surface area contributed by atoms with Gasteiger partial charge >= 0.3 is 12.0 Å². The zero-order valence-corrected chi connectivity index (χ0v) is 10.6. The van der Waals surface area contributed by atoms with Gasteiger partial charge in [-0.05, 0) is 25.2 Å². The van der Waals surface area contributed by atoms with Crippen LogP contribution in [0.3, 0.4) is 0 Å². The molecule has 0 aromatic rings. The van der Waals surface area contributed by atoms with Crippen LogP contribution in [0, 0.1) is 5.92 Å². The maximum atomic E-state index is 11.9. The molecule has 0 aromatic carbocycles. The molecule has 1 heterocycles. The number of hydrogen-bond acceptors (Lipinski definition) is 2. The molecule has 1 saturated heterocycles. The molecule has 5 heteroatoms. The van der Waals surface area contributed by atoms with E-state index in [4.69, 9.17) is 5.11 Å². The minimum absolute atomic E-state index is 0.0544. The largest absolute Gasteiger partial charge is 0.480 e. The standard InChI is InChI=1S/C12H22N2O3/c1-3-9(2)10(11(15)16)13-12(17)14-7-5-4-6-8-14/h9-10H,3-8H2,1-2H3,(H,13,17)(H,15,16)/t9-,10+/m1/s1. The Morgan fingerprint density at radius 2 is 1.88 bits per heavy atom. The maximum absolute atomic E-state index is 11.9. The number of aliphatic carboxylic acids is 1. The number of carbonyl (C=O) groups excluding carboxylic acids is 1. The van der Waals surface area contributed by atoms with Crippen molar-refractivity contribution in [2.24, 2.45) is 5.92 Å². The molecule has 1 aliphatic heterocycles. The predicted octanol–water partition coefficient (Wildman–Crippen LogP) is 1.68. The molecule has 98 valence electrons. The van der Waals surface area contributed by atoms with Crippen molar-refractivity contribution in [2.75, 3.05) is 13.1 Å². The van der Waals surface area contributed by atoms with Crippen molar-refractivity contribution in [1.82, 2.24) is 10.2 Å². The van der Waals surface area contributed by atoms with Crippen LogP contribution >= 0.6 is 0 Å². The van der Waals surface area contributed by atoms with E-state index in [9.17, 15) is 9.59 Å². The summed E-state index contributed by atoms with van der Waals surface area (Å²) >= 11 is 0. The molecule has 0 bridgehead atoms. The first kappa shape index (κ1) is 13.8. The maximum Gasteiger partial charge on any atom is 0.326 e. The molecule has 0 unspecified atom stereocenters. The fourth-order valence-corrected chi connectivity index (χ4v) is 2.00. The average Bonchev–Trinajstić information content (AvgIpc) is 2.35. The lowest BCUT2D eigenvalue weighted by atomic mass is 9.99. The summed E-state index contributed by atoms with van der Waals surface area (Å²) in [5.41, 5.74) is 0. The van der Waals surface area contributed by atoms with Crippen LogP contribution in [-0.2, 0) is 4.79 Å². The second-order valence-corrected chi connectivity index (χ2v) is 4.70. The molecule has 1 fully saturated rings. The Morgan fingerprint density at radius 3 is 2.35 bits per heavy atom. The molecule has 0 radical (unpaired) electrons. The lowest BCUT2D eigenvalue weighted by molar-refractivity contribution is -0.140. The fourth-order valence-electron chi connectivity index (χ4n) is 2.00. The van der Waals surface area contributed by atoms with Crippen molar-refractivity contribution in [2.45, 2.75) is 45.6 Å².